The highest BCUT2D eigenvalue weighted by Gasteiger charge is 2.11. The van der Waals surface area contributed by atoms with E-state index in [0.717, 1.165) is 11.6 Å². The van der Waals surface area contributed by atoms with Crippen molar-refractivity contribution in [3.8, 4) is 22.8 Å². The molecule has 5 heteroatoms. The second-order valence-electron chi connectivity index (χ2n) is 4.78. The van der Waals surface area contributed by atoms with Gasteiger partial charge in [0.1, 0.15) is 22.8 Å². The highest BCUT2D eigenvalue weighted by Crippen LogP contribution is 2.33. The first-order valence-corrected chi connectivity index (χ1v) is 6.50. The van der Waals surface area contributed by atoms with Crippen LogP contribution in [0.2, 0.25) is 0 Å². The van der Waals surface area contributed by atoms with Gasteiger partial charge in [-0.2, -0.15) is 0 Å². The van der Waals surface area contributed by atoms with Crippen molar-refractivity contribution in [3.05, 3.63) is 54.1 Å². The third-order valence-electron chi connectivity index (χ3n) is 3.19. The number of fused-ring (bicyclic) bond motifs is 1. The number of phenols is 2. The molecule has 0 radical (unpaired) electrons. The quantitative estimate of drug-likeness (QED) is 0.642. The number of carbonyl (C=O) groups is 1. The van der Waals surface area contributed by atoms with Crippen LogP contribution in [0.25, 0.3) is 28.4 Å². The van der Waals surface area contributed by atoms with Crippen LogP contribution in [0.4, 0.5) is 0 Å². The SMILES string of the molecule is O=C(O)/C=C/c1cc(O)cc2cc(-c3ccc(O)cc3)oc12. The van der Waals surface area contributed by atoms with Gasteiger partial charge in [-0.15, -0.1) is 0 Å². The van der Waals surface area contributed by atoms with Gasteiger partial charge in [-0.25, -0.2) is 4.79 Å². The number of carboxylic acids is 1. The van der Waals surface area contributed by atoms with Gasteiger partial charge in [0.15, 0.2) is 0 Å². The summed E-state index contributed by atoms with van der Waals surface area (Å²) in [5, 5.41) is 28.4. The van der Waals surface area contributed by atoms with Gasteiger partial charge in [-0.1, -0.05) is 0 Å². The third kappa shape index (κ3) is 2.64. The number of carboxylic acid groups (broad SMARTS) is 1. The molecule has 0 saturated heterocycles. The summed E-state index contributed by atoms with van der Waals surface area (Å²) >= 11 is 0. The largest absolute Gasteiger partial charge is 0.508 e. The fraction of sp³-hybridized carbons (Fsp3) is 0. The zero-order valence-corrected chi connectivity index (χ0v) is 11.4. The molecule has 3 rings (SSSR count). The number of aromatic hydroxyl groups is 2. The first kappa shape index (κ1) is 13.8. The molecule has 0 atom stereocenters. The summed E-state index contributed by atoms with van der Waals surface area (Å²) in [5.41, 5.74) is 1.72. The molecular weight excluding hydrogens is 284 g/mol. The molecule has 0 aliphatic heterocycles. The summed E-state index contributed by atoms with van der Waals surface area (Å²) in [7, 11) is 0. The Labute approximate surface area is 125 Å². The Morgan fingerprint density at radius 1 is 1.00 bits per heavy atom. The molecule has 2 aromatic carbocycles. The van der Waals surface area contributed by atoms with E-state index in [1.54, 1.807) is 36.4 Å². The molecule has 0 bridgehead atoms. The molecule has 0 aliphatic rings. The molecule has 1 aromatic heterocycles. The topological polar surface area (TPSA) is 90.9 Å². The van der Waals surface area contributed by atoms with Crippen LogP contribution in [-0.4, -0.2) is 21.3 Å². The summed E-state index contributed by atoms with van der Waals surface area (Å²) in [6.07, 6.45) is 2.35. The molecule has 1 heterocycles. The molecule has 0 amide bonds. The van der Waals surface area contributed by atoms with Gasteiger partial charge in [-0.05, 0) is 48.5 Å². The van der Waals surface area contributed by atoms with Gasteiger partial charge in [0, 0.05) is 22.6 Å². The monoisotopic (exact) mass is 296 g/mol. The van der Waals surface area contributed by atoms with Crippen molar-refractivity contribution < 1.29 is 24.5 Å². The minimum absolute atomic E-state index is 0.0237. The zero-order valence-electron chi connectivity index (χ0n) is 11.4. The lowest BCUT2D eigenvalue weighted by molar-refractivity contribution is -0.131. The van der Waals surface area contributed by atoms with E-state index >= 15 is 0 Å². The van der Waals surface area contributed by atoms with E-state index in [-0.39, 0.29) is 11.5 Å². The Morgan fingerprint density at radius 2 is 1.73 bits per heavy atom. The van der Waals surface area contributed by atoms with Crippen LogP contribution in [0.15, 0.2) is 53.0 Å². The average molecular weight is 296 g/mol. The van der Waals surface area contributed by atoms with E-state index in [9.17, 15) is 15.0 Å². The molecule has 3 aromatic rings. The number of aliphatic carboxylic acids is 1. The Morgan fingerprint density at radius 3 is 2.41 bits per heavy atom. The van der Waals surface area contributed by atoms with Crippen LogP contribution >= 0.6 is 0 Å². The normalized spacial score (nSPS) is 11.3. The van der Waals surface area contributed by atoms with Gasteiger partial charge in [0.05, 0.1) is 0 Å². The fourth-order valence-electron chi connectivity index (χ4n) is 2.22. The smallest absolute Gasteiger partial charge is 0.328 e. The van der Waals surface area contributed by atoms with E-state index in [2.05, 4.69) is 0 Å². The molecule has 0 fully saturated rings. The summed E-state index contributed by atoms with van der Waals surface area (Å²) in [6, 6.07) is 11.2. The van der Waals surface area contributed by atoms with Crippen LogP contribution in [-0.2, 0) is 4.79 Å². The standard InChI is InChI=1S/C17H12O5/c18-13-4-1-10(2-5-13)15-9-12-8-14(19)7-11(17(12)22-15)3-6-16(20)21/h1-9,18-19H,(H,20,21)/b6-3+. The van der Waals surface area contributed by atoms with Gasteiger partial charge in [0.2, 0.25) is 0 Å². The number of hydrogen-bond acceptors (Lipinski definition) is 4. The lowest BCUT2D eigenvalue weighted by Crippen LogP contribution is -1.85. The number of rotatable bonds is 3. The molecule has 0 aliphatic carbocycles. The number of furan rings is 1. The van der Waals surface area contributed by atoms with Gasteiger partial charge in [-0.3, -0.25) is 0 Å². The number of benzene rings is 2. The van der Waals surface area contributed by atoms with Crippen molar-refractivity contribution in [2.24, 2.45) is 0 Å². The van der Waals surface area contributed by atoms with Gasteiger partial charge >= 0.3 is 5.97 Å². The summed E-state index contributed by atoms with van der Waals surface area (Å²) in [4.78, 5) is 10.6. The second kappa shape index (κ2) is 5.29. The molecule has 22 heavy (non-hydrogen) atoms. The zero-order chi connectivity index (χ0) is 15.7. The first-order valence-electron chi connectivity index (χ1n) is 6.50. The Balaban J connectivity index is 2.14. The summed E-state index contributed by atoms with van der Waals surface area (Å²) < 4.78 is 5.78. The molecular formula is C17H12O5. The fourth-order valence-corrected chi connectivity index (χ4v) is 2.22. The first-order chi connectivity index (χ1) is 10.5. The second-order valence-corrected chi connectivity index (χ2v) is 4.78. The molecule has 110 valence electrons. The minimum atomic E-state index is -1.08. The predicted octanol–water partition coefficient (Wildman–Crippen LogP) is 3.61. The van der Waals surface area contributed by atoms with Gasteiger partial charge < -0.3 is 19.7 Å². The van der Waals surface area contributed by atoms with E-state index in [4.69, 9.17) is 9.52 Å². The Hall–Kier alpha value is -3.21. The van der Waals surface area contributed by atoms with E-state index in [1.807, 2.05) is 0 Å². The third-order valence-corrected chi connectivity index (χ3v) is 3.19. The molecule has 0 saturated carbocycles. The Bertz CT molecular complexity index is 872. The van der Waals surface area contributed by atoms with Gasteiger partial charge in [0.25, 0.3) is 0 Å². The molecule has 5 nitrogen and oxygen atoms in total. The molecule has 0 unspecified atom stereocenters. The average Bonchev–Trinajstić information content (AvgIpc) is 2.89. The highest BCUT2D eigenvalue weighted by atomic mass is 16.4. The highest BCUT2D eigenvalue weighted by molar-refractivity contribution is 5.94. The maximum absolute atomic E-state index is 10.6. The van der Waals surface area contributed by atoms with E-state index in [0.29, 0.717) is 22.3 Å². The maximum atomic E-state index is 10.6. The minimum Gasteiger partial charge on any atom is -0.508 e. The van der Waals surface area contributed by atoms with Crippen molar-refractivity contribution in [2.75, 3.05) is 0 Å². The lowest BCUT2D eigenvalue weighted by Gasteiger charge is -1.98. The van der Waals surface area contributed by atoms with Crippen molar-refractivity contribution in [1.82, 2.24) is 0 Å². The van der Waals surface area contributed by atoms with E-state index in [1.165, 1.54) is 12.1 Å². The number of phenolic OH excluding ortho intramolecular Hbond substituents is 2. The van der Waals surface area contributed by atoms with Crippen LogP contribution in [0.5, 0.6) is 11.5 Å². The van der Waals surface area contributed by atoms with E-state index < -0.39 is 5.97 Å². The van der Waals surface area contributed by atoms with Crippen LogP contribution < -0.4 is 0 Å². The van der Waals surface area contributed by atoms with Crippen molar-refractivity contribution in [2.45, 2.75) is 0 Å². The summed E-state index contributed by atoms with van der Waals surface area (Å²) in [5.74, 6) is -0.342. The lowest BCUT2D eigenvalue weighted by atomic mass is 10.1. The molecule has 3 N–H and O–H groups in total. The van der Waals surface area contributed by atoms with Crippen molar-refractivity contribution in [3.63, 3.8) is 0 Å². The Kier molecular flexibility index (Phi) is 3.31. The maximum Gasteiger partial charge on any atom is 0.328 e. The van der Waals surface area contributed by atoms with Crippen LogP contribution in [0.3, 0.4) is 0 Å². The molecule has 0 spiro atoms. The number of hydrogen-bond donors (Lipinski definition) is 3. The van der Waals surface area contributed by atoms with Crippen LogP contribution in [0, 0.1) is 0 Å². The summed E-state index contributed by atoms with van der Waals surface area (Å²) in [6.45, 7) is 0. The van der Waals surface area contributed by atoms with Crippen molar-refractivity contribution >= 4 is 23.0 Å². The van der Waals surface area contributed by atoms with Crippen molar-refractivity contribution in [1.29, 1.82) is 0 Å². The van der Waals surface area contributed by atoms with Crippen LogP contribution in [0.1, 0.15) is 5.56 Å². The predicted molar refractivity (Wildman–Crippen MR) is 81.6 cm³/mol.